The van der Waals surface area contributed by atoms with Crippen LogP contribution in [0.25, 0.3) is 0 Å². The maximum atomic E-state index is 15.6. The standard InChI is InChI=1S/C41H68NO4PSi4/c1-12-48(13-2,14-3)51(49(15-4,16-5)17-6,50(18-7,19-8)20-9)46-41(43)35(10)40(36-28-27-29-37(34-36)45-11)42-47(44,38-30-23-21-24-31-38)39-32-25-22-26-33-39/h21-35,40H,12-20H2,1-11H3,(H,42,44). The number of carbonyl (C=O) groups is 1. The topological polar surface area (TPSA) is 64.6 Å². The predicted molar refractivity (Wildman–Crippen MR) is 231 cm³/mol. The molecule has 0 heterocycles. The van der Waals surface area contributed by atoms with Gasteiger partial charge in [-0.3, -0.25) is 14.4 Å². The lowest BCUT2D eigenvalue weighted by Crippen LogP contribution is -2.90. The molecule has 0 bridgehead atoms. The monoisotopic (exact) mass is 781 g/mol. The van der Waals surface area contributed by atoms with E-state index < -0.39 is 48.9 Å². The largest absolute Gasteiger partial charge is 0.527 e. The molecular formula is C41H68NO4PSi4. The highest BCUT2D eigenvalue weighted by Gasteiger charge is 2.74. The van der Waals surface area contributed by atoms with Crippen LogP contribution in [0.1, 0.15) is 80.8 Å². The zero-order valence-corrected chi connectivity index (χ0v) is 38.6. The highest BCUT2D eigenvalue weighted by Crippen LogP contribution is 2.52. The normalized spacial score (nSPS) is 14.2. The van der Waals surface area contributed by atoms with Gasteiger partial charge < -0.3 is 9.16 Å². The number of hydrogen-bond acceptors (Lipinski definition) is 4. The van der Waals surface area contributed by atoms with Crippen LogP contribution in [0.2, 0.25) is 54.4 Å². The molecule has 2 unspecified atom stereocenters. The van der Waals surface area contributed by atoms with Crippen molar-refractivity contribution in [2.24, 2.45) is 5.92 Å². The van der Waals surface area contributed by atoms with Gasteiger partial charge in [0.15, 0.2) is 0 Å². The molecule has 0 aromatic heterocycles. The van der Waals surface area contributed by atoms with E-state index in [9.17, 15) is 0 Å². The van der Waals surface area contributed by atoms with Crippen LogP contribution >= 0.6 is 7.29 Å². The second-order valence-electron chi connectivity index (χ2n) is 14.6. The number of hydrogen-bond donors (Lipinski definition) is 1. The molecule has 0 spiro atoms. The Bertz CT molecular complexity index is 1440. The maximum absolute atomic E-state index is 15.6. The molecule has 3 aromatic carbocycles. The Morgan fingerprint density at radius 2 is 1.02 bits per heavy atom. The van der Waals surface area contributed by atoms with E-state index in [0.717, 1.165) is 5.56 Å². The van der Waals surface area contributed by atoms with Crippen molar-refractivity contribution < 1.29 is 18.5 Å². The second kappa shape index (κ2) is 18.8. The summed E-state index contributed by atoms with van der Waals surface area (Å²) >= 11 is 0. The summed E-state index contributed by atoms with van der Waals surface area (Å²) in [4.78, 5) is 15.6. The first-order valence-electron chi connectivity index (χ1n) is 19.8. The summed E-state index contributed by atoms with van der Waals surface area (Å²) in [6, 6.07) is 37.4. The minimum atomic E-state index is -3.42. The van der Waals surface area contributed by atoms with Gasteiger partial charge >= 0.3 is 0 Å². The van der Waals surface area contributed by atoms with Crippen LogP contribution in [-0.2, 0) is 13.8 Å². The third-order valence-electron chi connectivity index (χ3n) is 13.5. The molecule has 0 saturated heterocycles. The quantitative estimate of drug-likeness (QED) is 0.0861. The average Bonchev–Trinajstić information content (AvgIpc) is 3.19. The van der Waals surface area contributed by atoms with Gasteiger partial charge in [-0.2, -0.15) is 0 Å². The van der Waals surface area contributed by atoms with Crippen LogP contribution in [0.4, 0.5) is 0 Å². The number of methoxy groups -OCH3 is 1. The highest BCUT2D eigenvalue weighted by atomic mass is 31.2. The molecule has 0 amide bonds. The summed E-state index contributed by atoms with van der Waals surface area (Å²) < 4.78 is 29.2. The van der Waals surface area contributed by atoms with E-state index in [0.29, 0.717) is 16.4 Å². The van der Waals surface area contributed by atoms with Crippen molar-refractivity contribution in [1.29, 1.82) is 0 Å². The first kappa shape index (κ1) is 43.4. The molecule has 0 saturated carbocycles. The zero-order chi connectivity index (χ0) is 37.9. The third-order valence-corrected chi connectivity index (χ3v) is 85.9. The van der Waals surface area contributed by atoms with Gasteiger partial charge in [0.1, 0.15) is 5.75 Å². The fourth-order valence-corrected chi connectivity index (χ4v) is 111. The predicted octanol–water partition coefficient (Wildman–Crippen LogP) is 11.1. The van der Waals surface area contributed by atoms with E-state index in [-0.39, 0.29) is 5.97 Å². The van der Waals surface area contributed by atoms with E-state index in [1.54, 1.807) is 7.11 Å². The first-order valence-corrected chi connectivity index (χ1v) is 34.3. The fraction of sp³-hybridized carbons (Fsp3) is 0.537. The van der Waals surface area contributed by atoms with Crippen molar-refractivity contribution in [2.75, 3.05) is 7.11 Å². The molecule has 10 heteroatoms. The van der Waals surface area contributed by atoms with Crippen LogP contribution in [-0.4, -0.2) is 42.7 Å². The number of rotatable bonds is 21. The lowest BCUT2D eigenvalue weighted by atomic mass is 9.95. The summed E-state index contributed by atoms with van der Waals surface area (Å²) in [5, 5.41) is 5.12. The highest BCUT2D eigenvalue weighted by molar-refractivity contribution is 7.88. The molecule has 51 heavy (non-hydrogen) atoms. The van der Waals surface area contributed by atoms with Crippen molar-refractivity contribution in [1.82, 2.24) is 5.09 Å². The van der Waals surface area contributed by atoms with Crippen LogP contribution in [0, 0.1) is 5.92 Å². The van der Waals surface area contributed by atoms with Gasteiger partial charge in [0, 0.05) is 10.6 Å². The van der Waals surface area contributed by atoms with Gasteiger partial charge in [-0.25, -0.2) is 0 Å². The van der Waals surface area contributed by atoms with E-state index >= 15 is 9.36 Å². The average molecular weight is 782 g/mol. The Morgan fingerprint density at radius 3 is 1.37 bits per heavy atom. The number of benzene rings is 3. The molecule has 3 rings (SSSR count). The molecule has 0 aliphatic carbocycles. The molecule has 5 nitrogen and oxygen atoms in total. The molecule has 0 aliphatic rings. The number of carbonyl (C=O) groups excluding carboxylic acids is 1. The SMILES string of the molecule is CC[Si](CC)(CC)[Si](OC(=O)C(C)C(NP(=O)(c1ccccc1)c1ccccc1)c1cccc(OC)c1)([Si](CC)(CC)CC)[Si](CC)(CC)CC. The third kappa shape index (κ3) is 7.81. The lowest BCUT2D eigenvalue weighted by molar-refractivity contribution is -0.139. The minimum Gasteiger partial charge on any atom is -0.527 e. The van der Waals surface area contributed by atoms with E-state index in [1.807, 2.05) is 91.9 Å². The van der Waals surface area contributed by atoms with Crippen molar-refractivity contribution in [3.63, 3.8) is 0 Å². The molecule has 3 aromatic rings. The van der Waals surface area contributed by atoms with Crippen molar-refractivity contribution >= 4 is 53.5 Å². The van der Waals surface area contributed by atoms with E-state index in [1.165, 1.54) is 54.4 Å². The van der Waals surface area contributed by atoms with E-state index in [4.69, 9.17) is 9.16 Å². The van der Waals surface area contributed by atoms with Crippen LogP contribution in [0.5, 0.6) is 5.75 Å². The zero-order valence-electron chi connectivity index (χ0n) is 33.7. The van der Waals surface area contributed by atoms with Gasteiger partial charge in [0.25, 0.3) is 5.97 Å². The van der Waals surface area contributed by atoms with Crippen LogP contribution in [0.3, 0.4) is 0 Å². The smallest absolute Gasteiger partial charge is 0.296 e. The molecule has 0 aliphatic heterocycles. The Kier molecular flexibility index (Phi) is 16.0. The van der Waals surface area contributed by atoms with Crippen molar-refractivity contribution in [3.8, 4) is 5.75 Å². The maximum Gasteiger partial charge on any atom is 0.296 e. The summed E-state index contributed by atoms with van der Waals surface area (Å²) in [6.07, 6.45) is 0. The minimum absolute atomic E-state index is 0.0821. The Labute approximate surface area is 314 Å². The molecule has 1 N–H and O–H groups in total. The summed E-state index contributed by atoms with van der Waals surface area (Å²) in [5.74, 6) is 0.0360. The molecule has 282 valence electrons. The lowest BCUT2D eigenvalue weighted by Gasteiger charge is -2.63. The van der Waals surface area contributed by atoms with Crippen LogP contribution < -0.4 is 20.4 Å². The Balaban J connectivity index is 2.39. The molecular weight excluding hydrogens is 714 g/mol. The number of ether oxygens (including phenoxy) is 1. The fourth-order valence-electron chi connectivity index (χ4n) is 9.96. The molecule has 0 fully saturated rings. The van der Waals surface area contributed by atoms with Gasteiger partial charge in [-0.15, -0.1) is 0 Å². The Hall–Kier alpha value is -2.01. The van der Waals surface area contributed by atoms with Gasteiger partial charge in [0.05, 0.1) is 41.8 Å². The summed E-state index contributed by atoms with van der Waals surface area (Å²) in [6.45, 7) is 21.3. The van der Waals surface area contributed by atoms with Gasteiger partial charge in [-0.05, 0) is 42.0 Å². The van der Waals surface area contributed by atoms with Crippen LogP contribution in [0.15, 0.2) is 84.9 Å². The van der Waals surface area contributed by atoms with Gasteiger partial charge in [-0.1, -0.05) is 172 Å². The summed E-state index contributed by atoms with van der Waals surface area (Å²) in [7, 11) is -7.94. The van der Waals surface area contributed by atoms with Gasteiger partial charge in [0.2, 0.25) is 14.2 Å². The van der Waals surface area contributed by atoms with Crippen molar-refractivity contribution in [2.45, 2.75) is 130 Å². The summed E-state index contributed by atoms with van der Waals surface area (Å²) in [5.41, 5.74) is 0.873. The van der Waals surface area contributed by atoms with E-state index in [2.05, 4.69) is 67.4 Å². The number of nitrogens with one attached hydrogen (secondary N) is 1. The first-order chi connectivity index (χ1) is 24.4. The second-order valence-corrected chi connectivity index (χ2v) is 53.1. The molecule has 0 radical (unpaired) electrons. The molecule has 2 atom stereocenters. The van der Waals surface area contributed by atoms with Crippen molar-refractivity contribution in [3.05, 3.63) is 90.5 Å². The Morgan fingerprint density at radius 1 is 0.627 bits per heavy atom.